The Hall–Kier alpha value is -1.26. The van der Waals surface area contributed by atoms with Crippen molar-refractivity contribution in [2.75, 3.05) is 13.1 Å². The molecular weight excluding hydrogens is 198 g/mol. The molecule has 80 valence electrons. The van der Waals surface area contributed by atoms with E-state index in [0.717, 1.165) is 0 Å². The van der Waals surface area contributed by atoms with Crippen LogP contribution in [0.15, 0.2) is 24.3 Å². The van der Waals surface area contributed by atoms with Crippen molar-refractivity contribution in [3.63, 3.8) is 0 Å². The molecule has 0 spiro atoms. The average Bonchev–Trinajstić information content (AvgIpc) is 2.17. The van der Waals surface area contributed by atoms with Crippen LogP contribution in [0.4, 0.5) is 8.78 Å². The van der Waals surface area contributed by atoms with Crippen LogP contribution in [0.3, 0.4) is 0 Å². The maximum atomic E-state index is 13.4. The molecule has 1 heterocycles. The second-order valence-corrected chi connectivity index (χ2v) is 3.58. The lowest BCUT2D eigenvalue weighted by Gasteiger charge is -2.20. The topological polar surface area (TPSA) is 38.0 Å². The molecule has 1 aliphatic heterocycles. The van der Waals surface area contributed by atoms with E-state index in [1.165, 1.54) is 18.2 Å². The molecule has 0 saturated carbocycles. The van der Waals surface area contributed by atoms with Crippen molar-refractivity contribution in [3.05, 3.63) is 41.5 Å². The van der Waals surface area contributed by atoms with Gasteiger partial charge in [-0.25, -0.2) is 8.78 Å². The minimum atomic E-state index is -0.544. The monoisotopic (exact) mass is 210 g/mol. The average molecular weight is 210 g/mol. The number of hydrogen-bond donors (Lipinski definition) is 2. The zero-order chi connectivity index (χ0) is 10.8. The van der Waals surface area contributed by atoms with Crippen LogP contribution in [0.5, 0.6) is 0 Å². The van der Waals surface area contributed by atoms with E-state index in [-0.39, 0.29) is 11.6 Å². The van der Waals surface area contributed by atoms with Gasteiger partial charge in [0.15, 0.2) is 0 Å². The zero-order valence-corrected chi connectivity index (χ0v) is 8.13. The molecule has 2 nitrogen and oxygen atoms in total. The number of hydrogen-bond acceptors (Lipinski definition) is 2. The standard InChI is InChI=1S/C11H12F2N2/c12-9-2-1-3-10(13)11(9)7-4-8(14)6-15-5-7/h1-4,8,15H,5-6,14H2. The summed E-state index contributed by atoms with van der Waals surface area (Å²) in [5.41, 5.74) is 6.29. The Morgan fingerprint density at radius 2 is 1.93 bits per heavy atom. The van der Waals surface area contributed by atoms with Gasteiger partial charge in [0, 0.05) is 19.1 Å². The van der Waals surface area contributed by atoms with Crippen LogP contribution in [0.2, 0.25) is 0 Å². The molecule has 2 rings (SSSR count). The molecule has 0 saturated heterocycles. The van der Waals surface area contributed by atoms with E-state index in [2.05, 4.69) is 5.32 Å². The van der Waals surface area contributed by atoms with Gasteiger partial charge in [-0.1, -0.05) is 12.1 Å². The normalized spacial score (nSPS) is 21.3. The van der Waals surface area contributed by atoms with Crippen LogP contribution in [-0.2, 0) is 0 Å². The molecule has 1 atom stereocenters. The Bertz CT molecular complexity index is 381. The van der Waals surface area contributed by atoms with E-state index >= 15 is 0 Å². The fourth-order valence-electron chi connectivity index (χ4n) is 1.73. The number of halogens is 2. The van der Waals surface area contributed by atoms with Crippen molar-refractivity contribution in [1.82, 2.24) is 5.32 Å². The summed E-state index contributed by atoms with van der Waals surface area (Å²) >= 11 is 0. The molecule has 1 unspecified atom stereocenters. The number of nitrogens with two attached hydrogens (primary N) is 1. The van der Waals surface area contributed by atoms with Gasteiger partial charge in [0.05, 0.1) is 5.56 Å². The van der Waals surface area contributed by atoms with E-state index in [0.29, 0.717) is 18.7 Å². The van der Waals surface area contributed by atoms with Crippen LogP contribution < -0.4 is 11.1 Å². The predicted octanol–water partition coefficient (Wildman–Crippen LogP) is 1.28. The van der Waals surface area contributed by atoms with E-state index in [9.17, 15) is 8.78 Å². The minimum absolute atomic E-state index is 0.0279. The number of rotatable bonds is 1. The van der Waals surface area contributed by atoms with E-state index in [1.54, 1.807) is 6.08 Å². The lowest BCUT2D eigenvalue weighted by molar-refractivity contribution is 0.571. The van der Waals surface area contributed by atoms with Gasteiger partial charge in [0.25, 0.3) is 0 Å². The Balaban J connectivity index is 2.45. The van der Waals surface area contributed by atoms with Crippen LogP contribution in [-0.4, -0.2) is 19.1 Å². The maximum absolute atomic E-state index is 13.4. The highest BCUT2D eigenvalue weighted by Crippen LogP contribution is 2.22. The van der Waals surface area contributed by atoms with Gasteiger partial charge in [0.2, 0.25) is 0 Å². The number of benzene rings is 1. The van der Waals surface area contributed by atoms with E-state index < -0.39 is 11.6 Å². The highest BCUT2D eigenvalue weighted by atomic mass is 19.1. The fraction of sp³-hybridized carbons (Fsp3) is 0.273. The fourth-order valence-corrected chi connectivity index (χ4v) is 1.73. The first-order valence-electron chi connectivity index (χ1n) is 4.80. The van der Waals surface area contributed by atoms with Crippen molar-refractivity contribution in [2.45, 2.75) is 6.04 Å². The minimum Gasteiger partial charge on any atom is -0.323 e. The molecule has 0 amide bonds. The first-order chi connectivity index (χ1) is 7.18. The summed E-state index contributed by atoms with van der Waals surface area (Å²) in [6, 6.07) is 3.66. The smallest absolute Gasteiger partial charge is 0.133 e. The van der Waals surface area contributed by atoms with E-state index in [1.807, 2.05) is 0 Å². The molecular formula is C11H12F2N2. The van der Waals surface area contributed by atoms with Crippen LogP contribution in [0, 0.1) is 11.6 Å². The maximum Gasteiger partial charge on any atom is 0.133 e. The van der Waals surface area contributed by atoms with Crippen molar-refractivity contribution < 1.29 is 8.78 Å². The van der Waals surface area contributed by atoms with Gasteiger partial charge in [-0.15, -0.1) is 0 Å². The van der Waals surface area contributed by atoms with Crippen molar-refractivity contribution in [3.8, 4) is 0 Å². The molecule has 1 aliphatic rings. The lowest BCUT2D eigenvalue weighted by atomic mass is 9.99. The Kier molecular flexibility index (Phi) is 2.79. The third-order valence-electron chi connectivity index (χ3n) is 2.39. The SMILES string of the molecule is NC1C=C(c2c(F)cccc2F)CNC1. The summed E-state index contributed by atoms with van der Waals surface area (Å²) in [4.78, 5) is 0. The molecule has 15 heavy (non-hydrogen) atoms. The van der Waals surface area contributed by atoms with Crippen molar-refractivity contribution in [1.29, 1.82) is 0 Å². The van der Waals surface area contributed by atoms with Crippen molar-refractivity contribution in [2.24, 2.45) is 5.73 Å². The Morgan fingerprint density at radius 3 is 2.53 bits per heavy atom. The molecule has 0 fully saturated rings. The summed E-state index contributed by atoms with van der Waals surface area (Å²) in [5.74, 6) is -1.09. The summed E-state index contributed by atoms with van der Waals surface area (Å²) in [5, 5.41) is 3.01. The second kappa shape index (κ2) is 4.08. The summed E-state index contributed by atoms with van der Waals surface area (Å²) < 4.78 is 26.8. The Labute approximate surface area is 86.8 Å². The zero-order valence-electron chi connectivity index (χ0n) is 8.13. The van der Waals surface area contributed by atoms with E-state index in [4.69, 9.17) is 5.73 Å². The molecule has 3 N–H and O–H groups in total. The largest absolute Gasteiger partial charge is 0.323 e. The van der Waals surface area contributed by atoms with Gasteiger partial charge in [0.1, 0.15) is 11.6 Å². The first kappa shape index (κ1) is 10.3. The van der Waals surface area contributed by atoms with Crippen LogP contribution >= 0.6 is 0 Å². The highest BCUT2D eigenvalue weighted by molar-refractivity contribution is 5.69. The lowest BCUT2D eigenvalue weighted by Crippen LogP contribution is -2.37. The number of nitrogens with one attached hydrogen (secondary N) is 1. The molecule has 4 heteroatoms. The summed E-state index contributed by atoms with van der Waals surface area (Å²) in [7, 11) is 0. The van der Waals surface area contributed by atoms with Gasteiger partial charge in [-0.05, 0) is 17.7 Å². The van der Waals surface area contributed by atoms with Gasteiger partial charge in [-0.2, -0.15) is 0 Å². The molecule has 1 aromatic rings. The van der Waals surface area contributed by atoms with Crippen molar-refractivity contribution >= 4 is 5.57 Å². The third-order valence-corrected chi connectivity index (χ3v) is 2.39. The quantitative estimate of drug-likeness (QED) is 0.732. The Morgan fingerprint density at radius 1 is 1.27 bits per heavy atom. The van der Waals surface area contributed by atoms with Crippen LogP contribution in [0.25, 0.3) is 5.57 Å². The van der Waals surface area contributed by atoms with Gasteiger partial charge in [-0.3, -0.25) is 0 Å². The molecule has 0 aliphatic carbocycles. The van der Waals surface area contributed by atoms with Gasteiger partial charge >= 0.3 is 0 Å². The summed E-state index contributed by atoms with van der Waals surface area (Å²) in [6.45, 7) is 1.09. The molecule has 0 bridgehead atoms. The second-order valence-electron chi connectivity index (χ2n) is 3.58. The predicted molar refractivity (Wildman–Crippen MR) is 55.2 cm³/mol. The first-order valence-corrected chi connectivity index (χ1v) is 4.80. The van der Waals surface area contributed by atoms with Crippen LogP contribution in [0.1, 0.15) is 5.56 Å². The molecule has 0 aromatic heterocycles. The highest BCUT2D eigenvalue weighted by Gasteiger charge is 2.17. The third kappa shape index (κ3) is 2.06. The van der Waals surface area contributed by atoms with Gasteiger partial charge < -0.3 is 11.1 Å². The molecule has 1 aromatic carbocycles. The molecule has 0 radical (unpaired) electrons. The summed E-state index contributed by atoms with van der Waals surface area (Å²) in [6.07, 6.45) is 1.71.